The van der Waals surface area contributed by atoms with Gasteiger partial charge in [-0.3, -0.25) is 9.59 Å². The number of nitrogens with zero attached hydrogens (tertiary/aromatic N) is 1. The summed E-state index contributed by atoms with van der Waals surface area (Å²) in [6, 6.07) is 5.22. The third-order valence-corrected chi connectivity index (χ3v) is 2.71. The minimum Gasteiger partial charge on any atom is -0.478 e. The molecule has 0 radical (unpaired) electrons. The molecule has 2 rings (SSSR count). The fraction of sp³-hybridized carbons (Fsp3) is 0.333. The van der Waals surface area contributed by atoms with Crippen molar-refractivity contribution in [3.05, 3.63) is 23.8 Å². The number of anilines is 1. The lowest BCUT2D eigenvalue weighted by atomic mass is 10.1. The molecule has 1 aromatic carbocycles. The second-order valence-corrected chi connectivity index (χ2v) is 3.87. The van der Waals surface area contributed by atoms with Crippen molar-refractivity contribution >= 4 is 17.4 Å². The van der Waals surface area contributed by atoms with Gasteiger partial charge < -0.3 is 9.64 Å². The molecule has 0 fully saturated rings. The summed E-state index contributed by atoms with van der Waals surface area (Å²) in [6.45, 7) is 3.17. The SMILES string of the molecule is CC(=O)c1cccc2c1OC(C)C(=O)N2C. The first-order valence-electron chi connectivity index (χ1n) is 5.10. The van der Waals surface area contributed by atoms with Gasteiger partial charge in [-0.2, -0.15) is 0 Å². The molecule has 0 spiro atoms. The maximum absolute atomic E-state index is 11.7. The Morgan fingerprint density at radius 3 is 2.75 bits per heavy atom. The normalized spacial score (nSPS) is 19.1. The molecule has 1 unspecified atom stereocenters. The summed E-state index contributed by atoms with van der Waals surface area (Å²) in [5.41, 5.74) is 1.17. The van der Waals surface area contributed by atoms with Crippen LogP contribution in [-0.2, 0) is 4.79 Å². The maximum atomic E-state index is 11.7. The van der Waals surface area contributed by atoms with E-state index in [0.717, 1.165) is 0 Å². The summed E-state index contributed by atoms with van der Waals surface area (Å²) in [6.07, 6.45) is -0.544. The third kappa shape index (κ3) is 1.46. The van der Waals surface area contributed by atoms with Crippen molar-refractivity contribution in [3.8, 4) is 5.75 Å². The van der Waals surface area contributed by atoms with Crippen LogP contribution in [0.4, 0.5) is 5.69 Å². The van der Waals surface area contributed by atoms with Crippen LogP contribution in [0.15, 0.2) is 18.2 Å². The molecule has 0 saturated carbocycles. The molecule has 1 heterocycles. The number of hydrogen-bond acceptors (Lipinski definition) is 3. The highest BCUT2D eigenvalue weighted by Crippen LogP contribution is 2.36. The van der Waals surface area contributed by atoms with Crippen molar-refractivity contribution < 1.29 is 14.3 Å². The second-order valence-electron chi connectivity index (χ2n) is 3.87. The Bertz CT molecular complexity index is 467. The molecule has 0 bridgehead atoms. The fourth-order valence-electron chi connectivity index (χ4n) is 1.81. The lowest BCUT2D eigenvalue weighted by Gasteiger charge is -2.31. The van der Waals surface area contributed by atoms with Crippen LogP contribution >= 0.6 is 0 Å². The summed E-state index contributed by atoms with van der Waals surface area (Å²) in [5.74, 6) is 0.338. The van der Waals surface area contributed by atoms with E-state index in [2.05, 4.69) is 0 Å². The van der Waals surface area contributed by atoms with E-state index in [4.69, 9.17) is 4.74 Å². The third-order valence-electron chi connectivity index (χ3n) is 2.71. The molecule has 1 aliphatic heterocycles. The summed E-state index contributed by atoms with van der Waals surface area (Å²) in [4.78, 5) is 24.6. The summed E-state index contributed by atoms with van der Waals surface area (Å²) in [5, 5.41) is 0. The molecule has 0 aromatic heterocycles. The molecule has 4 nitrogen and oxygen atoms in total. The largest absolute Gasteiger partial charge is 0.478 e. The molecule has 1 atom stereocenters. The van der Waals surface area contributed by atoms with E-state index in [1.807, 2.05) is 0 Å². The van der Waals surface area contributed by atoms with Gasteiger partial charge in [0.2, 0.25) is 0 Å². The van der Waals surface area contributed by atoms with E-state index >= 15 is 0 Å². The van der Waals surface area contributed by atoms with Crippen molar-refractivity contribution in [2.75, 3.05) is 11.9 Å². The van der Waals surface area contributed by atoms with Gasteiger partial charge in [-0.1, -0.05) is 6.07 Å². The number of carbonyl (C=O) groups excluding carboxylic acids is 2. The summed E-state index contributed by atoms with van der Waals surface area (Å²) < 4.78 is 5.49. The van der Waals surface area contributed by atoms with E-state index in [1.54, 1.807) is 32.2 Å². The van der Waals surface area contributed by atoms with Crippen LogP contribution in [0.25, 0.3) is 0 Å². The predicted octanol–water partition coefficient (Wildman–Crippen LogP) is 1.63. The summed E-state index contributed by atoms with van der Waals surface area (Å²) in [7, 11) is 1.68. The smallest absolute Gasteiger partial charge is 0.267 e. The summed E-state index contributed by atoms with van der Waals surface area (Å²) >= 11 is 0. The molecule has 0 saturated heterocycles. The first-order chi connectivity index (χ1) is 7.52. The number of fused-ring (bicyclic) bond motifs is 1. The van der Waals surface area contributed by atoms with Crippen LogP contribution in [0, 0.1) is 0 Å². The van der Waals surface area contributed by atoms with Crippen molar-refractivity contribution in [2.45, 2.75) is 20.0 Å². The number of amides is 1. The van der Waals surface area contributed by atoms with Crippen molar-refractivity contribution in [1.29, 1.82) is 0 Å². The van der Waals surface area contributed by atoms with E-state index in [-0.39, 0.29) is 11.7 Å². The zero-order valence-corrected chi connectivity index (χ0v) is 9.48. The minimum absolute atomic E-state index is 0.0631. The number of Topliss-reactive ketones (excluding diaryl/α,β-unsaturated/α-hetero) is 1. The van der Waals surface area contributed by atoms with Gasteiger partial charge in [0.1, 0.15) is 0 Å². The zero-order valence-electron chi connectivity index (χ0n) is 9.48. The monoisotopic (exact) mass is 219 g/mol. The lowest BCUT2D eigenvalue weighted by molar-refractivity contribution is -0.125. The van der Waals surface area contributed by atoms with Gasteiger partial charge in [0.15, 0.2) is 17.6 Å². The quantitative estimate of drug-likeness (QED) is 0.674. The number of carbonyl (C=O) groups is 2. The first-order valence-corrected chi connectivity index (χ1v) is 5.10. The number of ether oxygens (including phenoxy) is 1. The van der Waals surface area contributed by atoms with Crippen LogP contribution in [0.5, 0.6) is 5.75 Å². The minimum atomic E-state index is -0.544. The van der Waals surface area contributed by atoms with E-state index in [0.29, 0.717) is 17.0 Å². The fourth-order valence-corrected chi connectivity index (χ4v) is 1.81. The van der Waals surface area contributed by atoms with Crippen LogP contribution < -0.4 is 9.64 Å². The van der Waals surface area contributed by atoms with Gasteiger partial charge in [0.05, 0.1) is 11.3 Å². The molecule has 1 aliphatic rings. The Labute approximate surface area is 93.8 Å². The van der Waals surface area contributed by atoms with Crippen molar-refractivity contribution in [1.82, 2.24) is 0 Å². The highest BCUT2D eigenvalue weighted by Gasteiger charge is 2.30. The van der Waals surface area contributed by atoms with Gasteiger partial charge in [0.25, 0.3) is 5.91 Å². The lowest BCUT2D eigenvalue weighted by Crippen LogP contribution is -2.42. The average Bonchev–Trinajstić information content (AvgIpc) is 2.25. The Hall–Kier alpha value is -1.84. The van der Waals surface area contributed by atoms with Gasteiger partial charge in [0, 0.05) is 7.05 Å². The van der Waals surface area contributed by atoms with Gasteiger partial charge in [-0.15, -0.1) is 0 Å². The molecule has 0 aliphatic carbocycles. The van der Waals surface area contributed by atoms with E-state index in [9.17, 15) is 9.59 Å². The number of para-hydroxylation sites is 1. The zero-order chi connectivity index (χ0) is 11.9. The van der Waals surface area contributed by atoms with Crippen molar-refractivity contribution in [3.63, 3.8) is 0 Å². The maximum Gasteiger partial charge on any atom is 0.267 e. The van der Waals surface area contributed by atoms with Gasteiger partial charge >= 0.3 is 0 Å². The molecule has 1 amide bonds. The highest BCUT2D eigenvalue weighted by atomic mass is 16.5. The number of rotatable bonds is 1. The first kappa shape index (κ1) is 10.7. The van der Waals surface area contributed by atoms with Gasteiger partial charge in [-0.05, 0) is 26.0 Å². The highest BCUT2D eigenvalue weighted by molar-refractivity contribution is 6.04. The van der Waals surface area contributed by atoms with Crippen molar-refractivity contribution in [2.24, 2.45) is 0 Å². The number of hydrogen-bond donors (Lipinski definition) is 0. The number of ketones is 1. The van der Waals surface area contributed by atoms with E-state index < -0.39 is 6.10 Å². The standard InChI is InChI=1S/C12H13NO3/c1-7(14)9-5-4-6-10-11(9)16-8(2)12(15)13(10)3/h4-6,8H,1-3H3. The van der Waals surface area contributed by atoms with Crippen LogP contribution in [0.1, 0.15) is 24.2 Å². The Balaban J connectivity index is 2.60. The van der Waals surface area contributed by atoms with Crippen LogP contribution in [0.3, 0.4) is 0 Å². The molecule has 16 heavy (non-hydrogen) atoms. The van der Waals surface area contributed by atoms with Gasteiger partial charge in [-0.25, -0.2) is 0 Å². The Kier molecular flexibility index (Phi) is 2.42. The molecule has 1 aromatic rings. The average molecular weight is 219 g/mol. The predicted molar refractivity (Wildman–Crippen MR) is 59.9 cm³/mol. The second kappa shape index (κ2) is 3.63. The number of benzene rings is 1. The van der Waals surface area contributed by atoms with E-state index in [1.165, 1.54) is 11.8 Å². The molecule has 4 heteroatoms. The molecular weight excluding hydrogens is 206 g/mol. The van der Waals surface area contributed by atoms with Crippen LogP contribution in [0.2, 0.25) is 0 Å². The van der Waals surface area contributed by atoms with Crippen LogP contribution in [-0.4, -0.2) is 24.8 Å². The molecule has 84 valence electrons. The topological polar surface area (TPSA) is 46.6 Å². The number of likely N-dealkylation sites (N-methyl/N-ethyl adjacent to an activating group) is 1. The molecular formula is C12H13NO3. The molecule has 0 N–H and O–H groups in total. The Morgan fingerprint density at radius 1 is 1.44 bits per heavy atom. The Morgan fingerprint density at radius 2 is 2.12 bits per heavy atom.